The minimum atomic E-state index is 0.467. The van der Waals surface area contributed by atoms with Crippen molar-refractivity contribution in [2.24, 2.45) is 0 Å². The summed E-state index contributed by atoms with van der Waals surface area (Å²) in [6.45, 7) is 5.63. The summed E-state index contributed by atoms with van der Waals surface area (Å²) in [5, 5.41) is 4.67. The average Bonchev–Trinajstić information content (AvgIpc) is 3.51. The van der Waals surface area contributed by atoms with Gasteiger partial charge in [0.1, 0.15) is 5.82 Å². The number of nitrogen functional groups attached to an aromatic ring is 1. The van der Waals surface area contributed by atoms with E-state index >= 15 is 0 Å². The maximum absolute atomic E-state index is 6.24. The van der Waals surface area contributed by atoms with E-state index < -0.39 is 0 Å². The van der Waals surface area contributed by atoms with Gasteiger partial charge in [-0.05, 0) is 43.1 Å². The molecule has 0 bridgehead atoms. The Morgan fingerprint density at radius 3 is 2.52 bits per heavy atom. The predicted molar refractivity (Wildman–Crippen MR) is 125 cm³/mol. The molecule has 3 N–H and O–H groups in total. The molecule has 0 saturated carbocycles. The Labute approximate surface area is 182 Å². The summed E-state index contributed by atoms with van der Waals surface area (Å²) >= 11 is 0. The summed E-state index contributed by atoms with van der Waals surface area (Å²) in [6, 6.07) is 17.0. The van der Waals surface area contributed by atoms with E-state index in [2.05, 4.69) is 68.1 Å². The van der Waals surface area contributed by atoms with Crippen molar-refractivity contribution in [3.8, 4) is 33.6 Å². The molecule has 0 spiro atoms. The summed E-state index contributed by atoms with van der Waals surface area (Å²) in [5.41, 5.74) is 12.4. The molecule has 3 aromatic heterocycles. The van der Waals surface area contributed by atoms with Gasteiger partial charge in [-0.2, -0.15) is 5.10 Å². The van der Waals surface area contributed by atoms with Crippen LogP contribution in [0.3, 0.4) is 0 Å². The SMILES string of the molecule is CCN1CCC(n2cc(-c3cnc(N)c(-c4ccc(-c5ccccc5)[nH]4)c3)cn2)CC1. The Hall–Kier alpha value is -3.38. The van der Waals surface area contributed by atoms with Crippen LogP contribution in [0.4, 0.5) is 5.82 Å². The number of anilines is 1. The van der Waals surface area contributed by atoms with Gasteiger partial charge in [0.15, 0.2) is 0 Å². The average molecular weight is 413 g/mol. The van der Waals surface area contributed by atoms with Crippen molar-refractivity contribution in [3.63, 3.8) is 0 Å². The molecule has 1 aromatic carbocycles. The number of nitrogens with two attached hydrogens (primary N) is 1. The zero-order chi connectivity index (χ0) is 21.2. The fourth-order valence-electron chi connectivity index (χ4n) is 4.37. The minimum absolute atomic E-state index is 0.467. The highest BCUT2D eigenvalue weighted by Gasteiger charge is 2.20. The van der Waals surface area contributed by atoms with E-state index in [1.165, 1.54) is 0 Å². The second kappa shape index (κ2) is 8.40. The van der Waals surface area contributed by atoms with E-state index in [-0.39, 0.29) is 0 Å². The monoisotopic (exact) mass is 412 g/mol. The van der Waals surface area contributed by atoms with E-state index in [0.717, 1.165) is 66.1 Å². The second-order valence-electron chi connectivity index (χ2n) is 8.18. The predicted octanol–water partition coefficient (Wildman–Crippen LogP) is 4.85. The maximum atomic E-state index is 6.24. The van der Waals surface area contributed by atoms with Crippen LogP contribution in [-0.2, 0) is 0 Å². The van der Waals surface area contributed by atoms with Crippen molar-refractivity contribution in [3.05, 3.63) is 67.1 Å². The van der Waals surface area contributed by atoms with Crippen LogP contribution in [0, 0.1) is 0 Å². The Morgan fingerprint density at radius 2 is 1.74 bits per heavy atom. The van der Waals surface area contributed by atoms with Gasteiger partial charge >= 0.3 is 0 Å². The van der Waals surface area contributed by atoms with Gasteiger partial charge in [0.25, 0.3) is 0 Å². The fourth-order valence-corrected chi connectivity index (χ4v) is 4.37. The standard InChI is InChI=1S/C25H28N6/c1-2-30-12-10-21(11-13-30)31-17-20(16-28-31)19-14-22(25(26)27-15-19)24-9-8-23(29-24)18-6-4-3-5-7-18/h3-9,14-17,21,29H,2,10-13H2,1H3,(H2,26,27). The van der Waals surface area contributed by atoms with E-state index in [1.54, 1.807) is 0 Å². The first-order valence-corrected chi connectivity index (χ1v) is 11.0. The van der Waals surface area contributed by atoms with Crippen LogP contribution in [-0.4, -0.2) is 44.3 Å². The van der Waals surface area contributed by atoms with Gasteiger partial charge in [0.2, 0.25) is 0 Å². The van der Waals surface area contributed by atoms with Crippen LogP contribution in [0.1, 0.15) is 25.8 Å². The third kappa shape index (κ3) is 3.99. The number of likely N-dealkylation sites (tertiary alicyclic amines) is 1. The maximum Gasteiger partial charge on any atom is 0.132 e. The summed E-state index contributed by atoms with van der Waals surface area (Å²) in [5.74, 6) is 0.518. The number of hydrogen-bond acceptors (Lipinski definition) is 4. The van der Waals surface area contributed by atoms with Crippen molar-refractivity contribution in [1.29, 1.82) is 0 Å². The molecule has 0 atom stereocenters. The molecule has 31 heavy (non-hydrogen) atoms. The van der Waals surface area contributed by atoms with E-state index in [0.29, 0.717) is 11.9 Å². The number of pyridine rings is 1. The normalized spacial score (nSPS) is 15.4. The number of hydrogen-bond donors (Lipinski definition) is 2. The molecule has 0 aliphatic carbocycles. The number of nitrogens with one attached hydrogen (secondary N) is 1. The quantitative estimate of drug-likeness (QED) is 0.491. The Kier molecular flexibility index (Phi) is 5.30. The molecule has 1 fully saturated rings. The summed E-state index contributed by atoms with van der Waals surface area (Å²) in [6.07, 6.45) is 8.21. The Bertz CT molecular complexity index is 1150. The molecular formula is C25H28N6. The lowest BCUT2D eigenvalue weighted by molar-refractivity contribution is 0.187. The van der Waals surface area contributed by atoms with Crippen LogP contribution in [0.2, 0.25) is 0 Å². The first-order chi connectivity index (χ1) is 15.2. The molecule has 158 valence electrons. The molecule has 0 radical (unpaired) electrons. The van der Waals surface area contributed by atoms with Crippen LogP contribution >= 0.6 is 0 Å². The van der Waals surface area contributed by atoms with E-state index in [1.807, 2.05) is 30.6 Å². The summed E-state index contributed by atoms with van der Waals surface area (Å²) in [7, 11) is 0. The number of aromatic nitrogens is 4. The van der Waals surface area contributed by atoms with Crippen LogP contribution < -0.4 is 5.73 Å². The molecule has 4 aromatic rings. The molecule has 4 heterocycles. The molecule has 0 amide bonds. The molecule has 1 aliphatic rings. The van der Waals surface area contributed by atoms with Crippen LogP contribution in [0.5, 0.6) is 0 Å². The number of rotatable bonds is 5. The Morgan fingerprint density at radius 1 is 0.968 bits per heavy atom. The van der Waals surface area contributed by atoms with Crippen molar-refractivity contribution < 1.29 is 0 Å². The lowest BCUT2D eigenvalue weighted by Gasteiger charge is -2.31. The molecule has 5 rings (SSSR count). The van der Waals surface area contributed by atoms with Crippen molar-refractivity contribution in [2.45, 2.75) is 25.8 Å². The molecular weight excluding hydrogens is 384 g/mol. The van der Waals surface area contributed by atoms with Gasteiger partial charge in [-0.1, -0.05) is 37.3 Å². The first kappa shape index (κ1) is 19.6. The van der Waals surface area contributed by atoms with Gasteiger partial charge in [0, 0.05) is 53.6 Å². The van der Waals surface area contributed by atoms with Crippen molar-refractivity contribution >= 4 is 5.82 Å². The number of piperidine rings is 1. The number of aromatic amines is 1. The lowest BCUT2D eigenvalue weighted by atomic mass is 10.0. The Balaban J connectivity index is 1.40. The highest BCUT2D eigenvalue weighted by molar-refractivity contribution is 5.79. The number of nitrogens with zero attached hydrogens (tertiary/aromatic N) is 4. The molecule has 6 heteroatoms. The van der Waals surface area contributed by atoms with Gasteiger partial charge in [-0.25, -0.2) is 4.98 Å². The van der Waals surface area contributed by atoms with Crippen LogP contribution in [0.25, 0.3) is 33.6 Å². The van der Waals surface area contributed by atoms with Gasteiger partial charge in [-0.3, -0.25) is 4.68 Å². The number of benzene rings is 1. The zero-order valence-corrected chi connectivity index (χ0v) is 17.8. The van der Waals surface area contributed by atoms with Crippen molar-refractivity contribution in [2.75, 3.05) is 25.4 Å². The fraction of sp³-hybridized carbons (Fsp3) is 0.280. The van der Waals surface area contributed by atoms with E-state index in [4.69, 9.17) is 5.73 Å². The third-order valence-electron chi connectivity index (χ3n) is 6.29. The second-order valence-corrected chi connectivity index (χ2v) is 8.18. The highest BCUT2D eigenvalue weighted by atomic mass is 15.3. The third-order valence-corrected chi connectivity index (χ3v) is 6.29. The molecule has 6 nitrogen and oxygen atoms in total. The van der Waals surface area contributed by atoms with Crippen molar-refractivity contribution in [1.82, 2.24) is 24.6 Å². The smallest absolute Gasteiger partial charge is 0.132 e. The number of H-pyrrole nitrogens is 1. The first-order valence-electron chi connectivity index (χ1n) is 11.0. The summed E-state index contributed by atoms with van der Waals surface area (Å²) < 4.78 is 2.13. The van der Waals surface area contributed by atoms with Gasteiger partial charge < -0.3 is 15.6 Å². The van der Waals surface area contributed by atoms with Gasteiger partial charge in [-0.15, -0.1) is 0 Å². The minimum Gasteiger partial charge on any atom is -0.383 e. The van der Waals surface area contributed by atoms with Crippen LogP contribution in [0.15, 0.2) is 67.1 Å². The lowest BCUT2D eigenvalue weighted by Crippen LogP contribution is -2.34. The van der Waals surface area contributed by atoms with E-state index in [9.17, 15) is 0 Å². The molecule has 0 unspecified atom stereocenters. The summed E-state index contributed by atoms with van der Waals surface area (Å²) in [4.78, 5) is 10.5. The topological polar surface area (TPSA) is 75.8 Å². The molecule has 1 saturated heterocycles. The van der Waals surface area contributed by atoms with Gasteiger partial charge in [0.05, 0.1) is 12.2 Å². The largest absolute Gasteiger partial charge is 0.383 e. The molecule has 1 aliphatic heterocycles. The zero-order valence-electron chi connectivity index (χ0n) is 17.8. The highest BCUT2D eigenvalue weighted by Crippen LogP contribution is 2.32.